The van der Waals surface area contributed by atoms with E-state index in [1.807, 2.05) is 34.6 Å². The zero-order valence-electron chi connectivity index (χ0n) is 15.9. The van der Waals surface area contributed by atoms with Gasteiger partial charge in [-0.2, -0.15) is 10.1 Å². The summed E-state index contributed by atoms with van der Waals surface area (Å²) in [5.41, 5.74) is 0.256. The number of rotatable bonds is 4. The van der Waals surface area contributed by atoms with E-state index < -0.39 is 23.1 Å². The summed E-state index contributed by atoms with van der Waals surface area (Å²) in [6.45, 7) is 9.73. The van der Waals surface area contributed by atoms with Gasteiger partial charge < -0.3 is 10.1 Å². The lowest BCUT2D eigenvalue weighted by atomic mass is 10.0. The number of carbonyl (C=O) groups is 1. The van der Waals surface area contributed by atoms with Crippen molar-refractivity contribution in [3.63, 3.8) is 0 Å². The van der Waals surface area contributed by atoms with Crippen LogP contribution in [-0.4, -0.2) is 36.8 Å². The Morgan fingerprint density at radius 3 is 2.85 bits per heavy atom. The number of fused-ring (bicyclic) bond motifs is 1. The summed E-state index contributed by atoms with van der Waals surface area (Å²) in [4.78, 5) is 21.7. The van der Waals surface area contributed by atoms with E-state index >= 15 is 0 Å². The fraction of sp³-hybridized carbons (Fsp3) is 0.529. The second-order valence-electron chi connectivity index (χ2n) is 7.51. The van der Waals surface area contributed by atoms with Crippen molar-refractivity contribution in [3.8, 4) is 0 Å². The number of hydrogen-bond donors (Lipinski definition) is 2. The number of aromatic amines is 1. The molecular weight excluding hydrogens is 375 g/mol. The van der Waals surface area contributed by atoms with Crippen molar-refractivity contribution in [2.24, 2.45) is 0 Å². The minimum Gasteiger partial charge on any atom is -0.443 e. The second-order valence-corrected chi connectivity index (χ2v) is 7.85. The monoisotopic (exact) mass is 396 g/mol. The number of ether oxygens (including phenoxy) is 1. The number of H-pyrrole nitrogens is 1. The largest absolute Gasteiger partial charge is 0.443 e. The maximum absolute atomic E-state index is 13.9. The molecule has 0 unspecified atom stereocenters. The van der Waals surface area contributed by atoms with Crippen LogP contribution >= 0.6 is 11.6 Å². The van der Waals surface area contributed by atoms with Crippen molar-refractivity contribution >= 4 is 29.3 Å². The first-order valence-electron chi connectivity index (χ1n) is 8.58. The van der Waals surface area contributed by atoms with Gasteiger partial charge in [0.15, 0.2) is 17.5 Å². The van der Waals surface area contributed by atoms with Gasteiger partial charge >= 0.3 is 6.09 Å². The molecule has 8 nitrogen and oxygen atoms in total. The first-order valence-corrected chi connectivity index (χ1v) is 8.96. The SMILES string of the molecule is CCC(C)(C)OC(=O)N1Cc2c(Nc3nc(Cl)ncc3F)n[nH]c2C1(C)C. The van der Waals surface area contributed by atoms with Crippen LogP contribution in [-0.2, 0) is 16.8 Å². The van der Waals surface area contributed by atoms with Gasteiger partial charge in [-0.1, -0.05) is 6.92 Å². The fourth-order valence-electron chi connectivity index (χ4n) is 2.82. The molecule has 0 radical (unpaired) electrons. The molecule has 1 amide bonds. The summed E-state index contributed by atoms with van der Waals surface area (Å²) >= 11 is 5.73. The highest BCUT2D eigenvalue weighted by molar-refractivity contribution is 6.28. The summed E-state index contributed by atoms with van der Waals surface area (Å²) in [5.74, 6) is -0.374. The topological polar surface area (TPSA) is 96.0 Å². The van der Waals surface area contributed by atoms with E-state index in [9.17, 15) is 9.18 Å². The molecule has 10 heteroatoms. The number of aromatic nitrogens is 4. The van der Waals surface area contributed by atoms with Crippen molar-refractivity contribution in [3.05, 3.63) is 28.6 Å². The summed E-state index contributed by atoms with van der Waals surface area (Å²) < 4.78 is 19.6. The van der Waals surface area contributed by atoms with Gasteiger partial charge in [0.1, 0.15) is 5.60 Å². The van der Waals surface area contributed by atoms with Gasteiger partial charge in [-0.05, 0) is 45.7 Å². The molecule has 2 aromatic heterocycles. The van der Waals surface area contributed by atoms with Crippen LogP contribution in [0.5, 0.6) is 0 Å². The summed E-state index contributed by atoms with van der Waals surface area (Å²) in [7, 11) is 0. The molecule has 0 atom stereocenters. The number of nitrogens with zero attached hydrogens (tertiary/aromatic N) is 4. The van der Waals surface area contributed by atoms with E-state index in [-0.39, 0.29) is 17.6 Å². The number of hydrogen-bond acceptors (Lipinski definition) is 6. The molecule has 0 aromatic carbocycles. The highest BCUT2D eigenvalue weighted by Gasteiger charge is 2.45. The Morgan fingerprint density at radius 2 is 2.19 bits per heavy atom. The van der Waals surface area contributed by atoms with E-state index in [1.165, 1.54) is 0 Å². The Balaban J connectivity index is 1.87. The number of nitrogens with one attached hydrogen (secondary N) is 2. The second kappa shape index (κ2) is 6.63. The third-order valence-corrected chi connectivity index (χ3v) is 5.04. The molecule has 0 saturated carbocycles. The first kappa shape index (κ1) is 19.3. The Morgan fingerprint density at radius 1 is 1.48 bits per heavy atom. The molecule has 146 valence electrons. The molecule has 2 aromatic rings. The molecule has 27 heavy (non-hydrogen) atoms. The van der Waals surface area contributed by atoms with E-state index in [0.717, 1.165) is 17.5 Å². The minimum absolute atomic E-state index is 0.0848. The maximum atomic E-state index is 13.9. The molecule has 0 aliphatic carbocycles. The van der Waals surface area contributed by atoms with Gasteiger partial charge in [-0.15, -0.1) is 0 Å². The Bertz CT molecular complexity index is 882. The van der Waals surface area contributed by atoms with E-state index in [2.05, 4.69) is 25.5 Å². The van der Waals surface area contributed by atoms with E-state index in [4.69, 9.17) is 16.3 Å². The highest BCUT2D eigenvalue weighted by atomic mass is 35.5. The minimum atomic E-state index is -0.662. The zero-order chi connectivity index (χ0) is 20.0. The number of carbonyl (C=O) groups excluding carboxylic acids is 1. The van der Waals surface area contributed by atoms with Crippen molar-refractivity contribution in [1.82, 2.24) is 25.1 Å². The molecule has 3 heterocycles. The molecule has 0 fully saturated rings. The molecule has 2 N–H and O–H groups in total. The van der Waals surface area contributed by atoms with E-state index in [1.54, 1.807) is 4.90 Å². The fourth-order valence-corrected chi connectivity index (χ4v) is 2.95. The number of amides is 1. The standard InChI is InChI=1S/C17H22ClFN6O2/c1-6-16(2,3)27-15(26)25-8-9-11(17(25,4)5)23-24-12(9)21-13-10(19)7-20-14(18)22-13/h7H,6,8H2,1-5H3,(H2,20,21,22,23,24). The summed E-state index contributed by atoms with van der Waals surface area (Å²) in [6, 6.07) is 0. The lowest BCUT2D eigenvalue weighted by Crippen LogP contribution is -2.44. The molecule has 0 saturated heterocycles. The predicted molar refractivity (Wildman–Crippen MR) is 98.3 cm³/mol. The van der Waals surface area contributed by atoms with Crippen molar-refractivity contribution in [2.45, 2.75) is 58.7 Å². The average Bonchev–Trinajstić information content (AvgIpc) is 3.09. The highest BCUT2D eigenvalue weighted by Crippen LogP contribution is 2.41. The molecule has 1 aliphatic rings. The Hall–Kier alpha value is -2.42. The smallest absolute Gasteiger partial charge is 0.411 e. The lowest BCUT2D eigenvalue weighted by molar-refractivity contribution is -0.00668. The first-order chi connectivity index (χ1) is 12.5. The molecule has 0 bridgehead atoms. The van der Waals surface area contributed by atoms with Gasteiger partial charge in [0.05, 0.1) is 24.0 Å². The van der Waals surface area contributed by atoms with Gasteiger partial charge in [-0.3, -0.25) is 10.00 Å². The van der Waals surface area contributed by atoms with Crippen molar-refractivity contribution < 1.29 is 13.9 Å². The predicted octanol–water partition coefficient (Wildman–Crippen LogP) is 4.11. The van der Waals surface area contributed by atoms with Crippen molar-refractivity contribution in [2.75, 3.05) is 5.32 Å². The van der Waals surface area contributed by atoms with Gasteiger partial charge in [0.25, 0.3) is 0 Å². The Labute approximate surface area is 161 Å². The Kier molecular flexibility index (Phi) is 4.75. The van der Waals surface area contributed by atoms with Crippen LogP contribution in [0.25, 0.3) is 0 Å². The van der Waals surface area contributed by atoms with Gasteiger partial charge in [-0.25, -0.2) is 14.2 Å². The van der Waals surface area contributed by atoms with Crippen LogP contribution in [0.1, 0.15) is 52.3 Å². The van der Waals surface area contributed by atoms with Gasteiger partial charge in [0, 0.05) is 5.56 Å². The van der Waals surface area contributed by atoms with Gasteiger partial charge in [0.2, 0.25) is 5.28 Å². The normalized spacial score (nSPS) is 15.6. The number of halogens is 2. The van der Waals surface area contributed by atoms with Crippen LogP contribution in [0.3, 0.4) is 0 Å². The van der Waals surface area contributed by atoms with Crippen LogP contribution < -0.4 is 5.32 Å². The molecule has 1 aliphatic heterocycles. The number of anilines is 2. The maximum Gasteiger partial charge on any atom is 0.411 e. The summed E-state index contributed by atoms with van der Waals surface area (Å²) in [6.07, 6.45) is 1.25. The third kappa shape index (κ3) is 3.55. The molecule has 0 spiro atoms. The van der Waals surface area contributed by atoms with Crippen molar-refractivity contribution in [1.29, 1.82) is 0 Å². The van der Waals surface area contributed by atoms with Crippen LogP contribution in [0.2, 0.25) is 5.28 Å². The van der Waals surface area contributed by atoms with Crippen LogP contribution in [0.15, 0.2) is 6.20 Å². The quantitative estimate of drug-likeness (QED) is 0.755. The average molecular weight is 397 g/mol. The summed E-state index contributed by atoms with van der Waals surface area (Å²) in [5, 5.41) is 9.86. The third-order valence-electron chi connectivity index (χ3n) is 4.86. The zero-order valence-corrected chi connectivity index (χ0v) is 16.6. The van der Waals surface area contributed by atoms with Crippen LogP contribution in [0.4, 0.5) is 20.8 Å². The lowest BCUT2D eigenvalue weighted by Gasteiger charge is -2.34. The van der Waals surface area contributed by atoms with Crippen LogP contribution in [0, 0.1) is 5.82 Å². The molecular formula is C17H22ClFN6O2. The molecule has 3 rings (SSSR count). The van der Waals surface area contributed by atoms with E-state index in [0.29, 0.717) is 12.2 Å².